The van der Waals surface area contributed by atoms with E-state index < -0.39 is 4.92 Å². The lowest BCUT2D eigenvalue weighted by molar-refractivity contribution is -0.386. The fourth-order valence-corrected chi connectivity index (χ4v) is 1.81. The fraction of sp³-hybridized carbons (Fsp3) is 0.333. The molecule has 0 N–H and O–H groups in total. The van der Waals surface area contributed by atoms with Crippen molar-refractivity contribution in [1.82, 2.24) is 0 Å². The van der Waals surface area contributed by atoms with Crippen LogP contribution >= 0.6 is 27.5 Å². The summed E-state index contributed by atoms with van der Waals surface area (Å²) in [7, 11) is 0. The first kappa shape index (κ1) is 12.3. The lowest BCUT2D eigenvalue weighted by Gasteiger charge is -2.08. The molecule has 0 saturated heterocycles. The second-order valence-electron chi connectivity index (χ2n) is 2.87. The topological polar surface area (TPSA) is 52.4 Å². The third kappa shape index (κ3) is 3.07. The number of ether oxygens (including phenoxy) is 1. The molecule has 4 nitrogen and oxygen atoms in total. The van der Waals surface area contributed by atoms with Crippen molar-refractivity contribution >= 4 is 33.2 Å². The summed E-state index contributed by atoms with van der Waals surface area (Å²) in [5.41, 5.74) is 0.660. The Morgan fingerprint density at radius 3 is 2.80 bits per heavy atom. The quantitative estimate of drug-likeness (QED) is 0.486. The van der Waals surface area contributed by atoms with Crippen LogP contribution in [0.15, 0.2) is 16.6 Å². The van der Waals surface area contributed by atoms with Crippen molar-refractivity contribution in [1.29, 1.82) is 0 Å². The van der Waals surface area contributed by atoms with Crippen LogP contribution in [0.25, 0.3) is 0 Å². The molecule has 0 saturated carbocycles. The minimum Gasteiger partial charge on any atom is -0.485 e. The number of nitro groups is 1. The first-order valence-electron chi connectivity index (χ1n) is 4.19. The molecule has 1 aromatic rings. The minimum atomic E-state index is -0.471. The molecule has 0 aliphatic carbocycles. The third-order valence-electron chi connectivity index (χ3n) is 1.74. The van der Waals surface area contributed by atoms with Crippen molar-refractivity contribution < 1.29 is 9.66 Å². The summed E-state index contributed by atoms with van der Waals surface area (Å²) in [6.07, 6.45) is 0. The molecule has 0 spiro atoms. The standard InChI is InChI=1S/C9H9BrClNO3/c1-6-4-7(10)5-8(12(13)14)9(6)15-3-2-11/h4-5H,2-3H2,1H3. The number of alkyl halides is 1. The van der Waals surface area contributed by atoms with E-state index >= 15 is 0 Å². The van der Waals surface area contributed by atoms with Gasteiger partial charge in [0.05, 0.1) is 10.8 Å². The van der Waals surface area contributed by atoms with Gasteiger partial charge in [-0.2, -0.15) is 0 Å². The van der Waals surface area contributed by atoms with Gasteiger partial charge >= 0.3 is 5.69 Å². The maximum Gasteiger partial charge on any atom is 0.312 e. The van der Waals surface area contributed by atoms with Crippen molar-refractivity contribution in [2.24, 2.45) is 0 Å². The molecule has 0 aliphatic heterocycles. The SMILES string of the molecule is Cc1cc(Br)cc([N+](=O)[O-])c1OCCCl. The zero-order valence-corrected chi connectivity index (χ0v) is 10.3. The van der Waals surface area contributed by atoms with E-state index in [9.17, 15) is 10.1 Å². The first-order chi connectivity index (χ1) is 7.06. The van der Waals surface area contributed by atoms with Gasteiger partial charge in [0.25, 0.3) is 0 Å². The molecular formula is C9H9BrClNO3. The molecule has 0 atom stereocenters. The van der Waals surface area contributed by atoms with Crippen molar-refractivity contribution in [3.05, 3.63) is 32.3 Å². The van der Waals surface area contributed by atoms with E-state index in [0.717, 1.165) is 0 Å². The minimum absolute atomic E-state index is 0.0491. The van der Waals surface area contributed by atoms with E-state index in [1.807, 2.05) is 0 Å². The normalized spacial score (nSPS) is 10.1. The summed E-state index contributed by atoms with van der Waals surface area (Å²) in [5, 5.41) is 10.8. The highest BCUT2D eigenvalue weighted by Gasteiger charge is 2.18. The van der Waals surface area contributed by atoms with Gasteiger partial charge in [-0.3, -0.25) is 10.1 Å². The Labute approximate surface area is 100 Å². The van der Waals surface area contributed by atoms with Gasteiger partial charge in [0.15, 0.2) is 5.75 Å². The summed E-state index contributed by atoms with van der Waals surface area (Å²) in [4.78, 5) is 10.3. The zero-order chi connectivity index (χ0) is 11.4. The Kier molecular flexibility index (Phi) is 4.35. The number of halogens is 2. The van der Waals surface area contributed by atoms with E-state index in [0.29, 0.717) is 15.9 Å². The van der Waals surface area contributed by atoms with Crippen molar-refractivity contribution in [2.75, 3.05) is 12.5 Å². The number of benzene rings is 1. The van der Waals surface area contributed by atoms with Crippen molar-refractivity contribution in [2.45, 2.75) is 6.92 Å². The molecule has 1 rings (SSSR count). The molecule has 15 heavy (non-hydrogen) atoms. The largest absolute Gasteiger partial charge is 0.485 e. The highest BCUT2D eigenvalue weighted by atomic mass is 79.9. The Balaban J connectivity index is 3.15. The average Bonchev–Trinajstić information content (AvgIpc) is 2.15. The van der Waals surface area contributed by atoms with Gasteiger partial charge in [-0.1, -0.05) is 15.9 Å². The Hall–Kier alpha value is -0.810. The number of hydrogen-bond donors (Lipinski definition) is 0. The van der Waals surface area contributed by atoms with Gasteiger partial charge in [-0.25, -0.2) is 0 Å². The lowest BCUT2D eigenvalue weighted by atomic mass is 10.2. The van der Waals surface area contributed by atoms with E-state index in [4.69, 9.17) is 16.3 Å². The molecule has 0 radical (unpaired) electrons. The molecule has 0 unspecified atom stereocenters. The average molecular weight is 295 g/mol. The summed E-state index contributed by atoms with van der Waals surface area (Å²) in [6, 6.07) is 3.17. The van der Waals surface area contributed by atoms with Crippen molar-refractivity contribution in [3.8, 4) is 5.75 Å². The number of nitrogens with zero attached hydrogens (tertiary/aromatic N) is 1. The van der Waals surface area contributed by atoms with Crippen molar-refractivity contribution in [3.63, 3.8) is 0 Å². The first-order valence-corrected chi connectivity index (χ1v) is 5.52. The second-order valence-corrected chi connectivity index (χ2v) is 4.16. The summed E-state index contributed by atoms with van der Waals surface area (Å²) in [6.45, 7) is 2.01. The maximum atomic E-state index is 10.8. The van der Waals surface area contributed by atoms with Crippen LogP contribution in [0.4, 0.5) is 5.69 Å². The molecule has 0 amide bonds. The van der Waals surface area contributed by atoms with Crippen LogP contribution in [-0.2, 0) is 0 Å². The van der Waals surface area contributed by atoms with Crippen LogP contribution in [0.2, 0.25) is 0 Å². The van der Waals surface area contributed by atoms with Gasteiger partial charge in [0, 0.05) is 10.5 Å². The number of aryl methyl sites for hydroxylation is 1. The van der Waals surface area contributed by atoms with Crippen LogP contribution in [0, 0.1) is 17.0 Å². The molecule has 0 bridgehead atoms. The van der Waals surface area contributed by atoms with Crippen LogP contribution in [0.5, 0.6) is 5.75 Å². The number of hydrogen-bond acceptors (Lipinski definition) is 3. The summed E-state index contributed by atoms with van der Waals surface area (Å²) >= 11 is 8.66. The van der Waals surface area contributed by atoms with Gasteiger partial charge in [0.1, 0.15) is 6.61 Å². The summed E-state index contributed by atoms with van der Waals surface area (Å²) in [5.74, 6) is 0.580. The van der Waals surface area contributed by atoms with Gasteiger partial charge < -0.3 is 4.74 Å². The maximum absolute atomic E-state index is 10.8. The number of nitro benzene ring substituents is 1. The molecule has 1 aromatic carbocycles. The van der Waals surface area contributed by atoms with Gasteiger partial charge in [-0.15, -0.1) is 11.6 Å². The molecule has 6 heteroatoms. The highest BCUT2D eigenvalue weighted by Crippen LogP contribution is 2.33. The highest BCUT2D eigenvalue weighted by molar-refractivity contribution is 9.10. The second kappa shape index (κ2) is 5.32. The van der Waals surface area contributed by atoms with E-state index in [-0.39, 0.29) is 18.0 Å². The lowest BCUT2D eigenvalue weighted by Crippen LogP contribution is -2.03. The van der Waals surface area contributed by atoms with Gasteiger partial charge in [0.2, 0.25) is 0 Å². The summed E-state index contributed by atoms with van der Waals surface area (Å²) < 4.78 is 5.90. The van der Waals surface area contributed by atoms with Gasteiger partial charge in [-0.05, 0) is 18.6 Å². The molecule has 0 heterocycles. The molecule has 0 fully saturated rings. The van der Waals surface area contributed by atoms with Crippen LogP contribution < -0.4 is 4.74 Å². The molecule has 0 aliphatic rings. The van der Waals surface area contributed by atoms with Crippen LogP contribution in [0.1, 0.15) is 5.56 Å². The van der Waals surface area contributed by atoms with E-state index in [1.54, 1.807) is 13.0 Å². The van der Waals surface area contributed by atoms with E-state index in [1.165, 1.54) is 6.07 Å². The Morgan fingerprint density at radius 2 is 2.27 bits per heavy atom. The monoisotopic (exact) mass is 293 g/mol. The van der Waals surface area contributed by atoms with Crippen LogP contribution in [-0.4, -0.2) is 17.4 Å². The molecule has 82 valence electrons. The zero-order valence-electron chi connectivity index (χ0n) is 8.00. The fourth-order valence-electron chi connectivity index (χ4n) is 1.18. The smallest absolute Gasteiger partial charge is 0.312 e. The molecule has 0 aromatic heterocycles. The third-order valence-corrected chi connectivity index (χ3v) is 2.35. The predicted molar refractivity (Wildman–Crippen MR) is 61.7 cm³/mol. The number of rotatable bonds is 4. The van der Waals surface area contributed by atoms with E-state index in [2.05, 4.69) is 15.9 Å². The molecular weight excluding hydrogens is 285 g/mol. The Morgan fingerprint density at radius 1 is 1.60 bits per heavy atom. The Bertz CT molecular complexity index is 384. The predicted octanol–water partition coefficient (Wildman–Crippen LogP) is 3.28. The van der Waals surface area contributed by atoms with Crippen LogP contribution in [0.3, 0.4) is 0 Å².